The third-order valence-corrected chi connectivity index (χ3v) is 3.69. The van der Waals surface area contributed by atoms with E-state index in [4.69, 9.17) is 4.74 Å². The number of nitrogens with zero attached hydrogens (tertiary/aromatic N) is 1. The zero-order valence-electron chi connectivity index (χ0n) is 13.8. The number of nitrogens with one attached hydrogen (secondary N) is 1. The quantitative estimate of drug-likeness (QED) is 0.568. The average molecular weight is 326 g/mol. The number of pyridine rings is 1. The summed E-state index contributed by atoms with van der Waals surface area (Å²) in [6.07, 6.45) is 5.29. The Hall–Kier alpha value is -2.69. The first-order valence-corrected chi connectivity index (χ1v) is 8.02. The van der Waals surface area contributed by atoms with Crippen LogP contribution in [0.1, 0.15) is 35.2 Å². The zero-order chi connectivity index (χ0) is 17.2. The summed E-state index contributed by atoms with van der Waals surface area (Å²) in [7, 11) is 1.64. The zero-order valence-corrected chi connectivity index (χ0v) is 13.8. The maximum Gasteiger partial charge on any atom is 0.220 e. The highest BCUT2D eigenvalue weighted by atomic mass is 16.5. The van der Waals surface area contributed by atoms with Crippen LogP contribution < -0.4 is 10.1 Å². The van der Waals surface area contributed by atoms with E-state index in [-0.39, 0.29) is 24.5 Å². The van der Waals surface area contributed by atoms with E-state index in [2.05, 4.69) is 10.3 Å². The van der Waals surface area contributed by atoms with Crippen LogP contribution in [0.4, 0.5) is 0 Å². The van der Waals surface area contributed by atoms with E-state index in [9.17, 15) is 9.59 Å². The van der Waals surface area contributed by atoms with Crippen molar-refractivity contribution in [3.05, 3.63) is 59.9 Å². The molecule has 0 aliphatic rings. The number of amides is 1. The molecular formula is C19H22N2O3. The van der Waals surface area contributed by atoms with E-state index in [1.165, 1.54) is 11.8 Å². The molecule has 0 unspecified atom stereocenters. The molecule has 5 nitrogen and oxygen atoms in total. The van der Waals surface area contributed by atoms with Gasteiger partial charge in [0.2, 0.25) is 5.91 Å². The van der Waals surface area contributed by atoms with E-state index in [0.717, 1.165) is 18.6 Å². The first kappa shape index (κ1) is 17.7. The number of aryl methyl sites for hydroxylation is 1. The Balaban J connectivity index is 1.62. The van der Waals surface area contributed by atoms with Gasteiger partial charge in [-0.1, -0.05) is 12.1 Å². The molecule has 1 N–H and O–H groups in total. The summed E-state index contributed by atoms with van der Waals surface area (Å²) in [5.74, 6) is 0.684. The monoisotopic (exact) mass is 326 g/mol. The molecular weight excluding hydrogens is 304 g/mol. The summed E-state index contributed by atoms with van der Waals surface area (Å²) in [4.78, 5) is 27.6. The lowest BCUT2D eigenvalue weighted by Gasteiger charge is -2.06. The largest absolute Gasteiger partial charge is 0.497 e. The number of aromatic nitrogens is 1. The average Bonchev–Trinajstić information content (AvgIpc) is 2.64. The molecule has 0 aliphatic heterocycles. The second-order valence-corrected chi connectivity index (χ2v) is 5.47. The number of methoxy groups -OCH3 is 1. The molecule has 0 bridgehead atoms. The first-order chi connectivity index (χ1) is 11.7. The van der Waals surface area contributed by atoms with Crippen molar-refractivity contribution in [2.75, 3.05) is 13.7 Å². The van der Waals surface area contributed by atoms with Gasteiger partial charge in [0.05, 0.1) is 7.11 Å². The van der Waals surface area contributed by atoms with Crippen molar-refractivity contribution in [1.82, 2.24) is 10.3 Å². The van der Waals surface area contributed by atoms with E-state index < -0.39 is 0 Å². The minimum absolute atomic E-state index is 0.0588. The molecule has 0 radical (unpaired) electrons. The van der Waals surface area contributed by atoms with Crippen LogP contribution in [0, 0.1) is 0 Å². The Kier molecular flexibility index (Phi) is 6.95. The van der Waals surface area contributed by atoms with Gasteiger partial charge in [-0.05, 0) is 42.7 Å². The minimum atomic E-state index is -0.0954. The molecule has 5 heteroatoms. The Labute approximate surface area is 142 Å². The smallest absolute Gasteiger partial charge is 0.220 e. The van der Waals surface area contributed by atoms with Gasteiger partial charge in [0.1, 0.15) is 5.75 Å². The molecule has 0 aliphatic carbocycles. The predicted molar refractivity (Wildman–Crippen MR) is 92.1 cm³/mol. The first-order valence-electron chi connectivity index (χ1n) is 8.02. The van der Waals surface area contributed by atoms with Crippen molar-refractivity contribution >= 4 is 11.7 Å². The molecule has 2 aromatic rings. The van der Waals surface area contributed by atoms with Crippen molar-refractivity contribution in [3.63, 3.8) is 0 Å². The SMILES string of the molecule is COc1ccc(CCCNC(=O)CCC(=O)c2cccnc2)cc1. The van der Waals surface area contributed by atoms with Crippen LogP contribution in [-0.2, 0) is 11.2 Å². The molecule has 24 heavy (non-hydrogen) atoms. The number of ketones is 1. The topological polar surface area (TPSA) is 68.3 Å². The normalized spacial score (nSPS) is 10.2. The van der Waals surface area contributed by atoms with Crippen LogP contribution in [0.3, 0.4) is 0 Å². The molecule has 0 saturated carbocycles. The van der Waals surface area contributed by atoms with E-state index >= 15 is 0 Å². The summed E-state index contributed by atoms with van der Waals surface area (Å²) in [6, 6.07) is 11.3. The Morgan fingerprint density at radius 2 is 1.92 bits per heavy atom. The summed E-state index contributed by atoms with van der Waals surface area (Å²) >= 11 is 0. The van der Waals surface area contributed by atoms with Gasteiger partial charge in [0.25, 0.3) is 0 Å². The molecule has 1 aromatic carbocycles. The molecule has 0 saturated heterocycles. The Morgan fingerprint density at radius 1 is 1.12 bits per heavy atom. The van der Waals surface area contributed by atoms with Gasteiger partial charge in [-0.3, -0.25) is 14.6 Å². The summed E-state index contributed by atoms with van der Waals surface area (Å²) in [5, 5.41) is 2.85. The fraction of sp³-hybridized carbons (Fsp3) is 0.316. The highest BCUT2D eigenvalue weighted by molar-refractivity contribution is 5.97. The maximum absolute atomic E-state index is 11.9. The second-order valence-electron chi connectivity index (χ2n) is 5.47. The van der Waals surface area contributed by atoms with E-state index in [1.54, 1.807) is 25.4 Å². The standard InChI is InChI=1S/C19H22N2O3/c1-24-17-8-6-15(7-9-17)4-2-13-21-19(23)11-10-18(22)16-5-3-12-20-14-16/h3,5-9,12,14H,2,4,10-11,13H2,1H3,(H,21,23). The number of Topliss-reactive ketones (excluding diaryl/α,β-unsaturated/α-hetero) is 1. The van der Waals surface area contributed by atoms with Gasteiger partial charge >= 0.3 is 0 Å². The van der Waals surface area contributed by atoms with E-state index in [1.807, 2.05) is 24.3 Å². The van der Waals surface area contributed by atoms with Crippen LogP contribution >= 0.6 is 0 Å². The molecule has 2 rings (SSSR count). The fourth-order valence-electron chi connectivity index (χ4n) is 2.30. The van der Waals surface area contributed by atoms with Crippen LogP contribution in [0.2, 0.25) is 0 Å². The lowest BCUT2D eigenvalue weighted by atomic mass is 10.1. The summed E-state index contributed by atoms with van der Waals surface area (Å²) in [5.41, 5.74) is 1.75. The number of carbonyl (C=O) groups is 2. The van der Waals surface area contributed by atoms with Gasteiger partial charge in [0.15, 0.2) is 5.78 Å². The van der Waals surface area contributed by atoms with Gasteiger partial charge in [-0.15, -0.1) is 0 Å². The Morgan fingerprint density at radius 3 is 2.58 bits per heavy atom. The number of hydrogen-bond acceptors (Lipinski definition) is 4. The lowest BCUT2D eigenvalue weighted by molar-refractivity contribution is -0.121. The molecule has 1 heterocycles. The van der Waals surface area contributed by atoms with Crippen molar-refractivity contribution < 1.29 is 14.3 Å². The highest BCUT2D eigenvalue weighted by Crippen LogP contribution is 2.12. The lowest BCUT2D eigenvalue weighted by Crippen LogP contribution is -2.25. The fourth-order valence-corrected chi connectivity index (χ4v) is 2.30. The third-order valence-electron chi connectivity index (χ3n) is 3.69. The van der Waals surface area contributed by atoms with Crippen molar-refractivity contribution in [1.29, 1.82) is 0 Å². The predicted octanol–water partition coefficient (Wildman–Crippen LogP) is 2.80. The van der Waals surface area contributed by atoms with Gasteiger partial charge in [-0.25, -0.2) is 0 Å². The van der Waals surface area contributed by atoms with Crippen molar-refractivity contribution in [2.24, 2.45) is 0 Å². The van der Waals surface area contributed by atoms with Crippen LogP contribution in [0.5, 0.6) is 5.75 Å². The number of benzene rings is 1. The summed E-state index contributed by atoms with van der Waals surface area (Å²) in [6.45, 7) is 0.603. The molecule has 1 amide bonds. The number of ether oxygens (including phenoxy) is 1. The number of rotatable bonds is 9. The van der Waals surface area contributed by atoms with E-state index in [0.29, 0.717) is 12.1 Å². The van der Waals surface area contributed by atoms with Gasteiger partial charge in [0, 0.05) is 37.3 Å². The van der Waals surface area contributed by atoms with Crippen molar-refractivity contribution in [3.8, 4) is 5.75 Å². The Bertz CT molecular complexity index is 654. The number of hydrogen-bond donors (Lipinski definition) is 1. The third kappa shape index (κ3) is 5.83. The number of carbonyl (C=O) groups excluding carboxylic acids is 2. The van der Waals surface area contributed by atoms with Crippen LogP contribution in [-0.4, -0.2) is 30.3 Å². The van der Waals surface area contributed by atoms with Crippen LogP contribution in [0.15, 0.2) is 48.8 Å². The molecule has 1 aromatic heterocycles. The summed E-state index contributed by atoms with van der Waals surface area (Å²) < 4.78 is 5.12. The molecule has 0 spiro atoms. The van der Waals surface area contributed by atoms with Gasteiger partial charge in [-0.2, -0.15) is 0 Å². The second kappa shape index (κ2) is 9.45. The highest BCUT2D eigenvalue weighted by Gasteiger charge is 2.08. The van der Waals surface area contributed by atoms with Crippen molar-refractivity contribution in [2.45, 2.75) is 25.7 Å². The molecule has 0 fully saturated rings. The minimum Gasteiger partial charge on any atom is -0.497 e. The van der Waals surface area contributed by atoms with Crippen LogP contribution in [0.25, 0.3) is 0 Å². The maximum atomic E-state index is 11.9. The molecule has 0 atom stereocenters. The van der Waals surface area contributed by atoms with Gasteiger partial charge < -0.3 is 10.1 Å². The molecule has 126 valence electrons.